The van der Waals surface area contributed by atoms with E-state index in [1.54, 1.807) is 109 Å². The van der Waals surface area contributed by atoms with E-state index in [4.69, 9.17) is 32.7 Å². The van der Waals surface area contributed by atoms with Gasteiger partial charge in [0.2, 0.25) is 0 Å². The number of anilines is 2. The van der Waals surface area contributed by atoms with Crippen molar-refractivity contribution in [1.29, 1.82) is 0 Å². The molecule has 2 atom stereocenters. The molecule has 0 aliphatic heterocycles. The van der Waals surface area contributed by atoms with E-state index in [0.29, 0.717) is 77.9 Å². The molecule has 0 fully saturated rings. The number of carbonyl (C=O) groups is 2. The number of methoxy groups -OCH3 is 2. The van der Waals surface area contributed by atoms with Gasteiger partial charge in [-0.25, -0.2) is 19.0 Å². The van der Waals surface area contributed by atoms with Crippen LogP contribution in [0.15, 0.2) is 98.1 Å². The summed E-state index contributed by atoms with van der Waals surface area (Å²) in [4.78, 5) is 34.6. The molecule has 4 N–H and O–H groups in total. The fourth-order valence-corrected chi connectivity index (χ4v) is 6.84. The Morgan fingerprint density at radius 1 is 0.672 bits per heavy atom. The van der Waals surface area contributed by atoms with E-state index in [-0.39, 0.29) is 36.7 Å². The molecular weight excluding hydrogens is 863 g/mol. The molecule has 0 unspecified atom stereocenters. The predicted octanol–water partition coefficient (Wildman–Crippen LogP) is 7.05. The molecule has 8 rings (SSSR count). The third kappa shape index (κ3) is 10.00. The molecule has 64 heavy (non-hydrogen) atoms. The number of benzene rings is 2. The average Bonchev–Trinajstić information content (AvgIpc) is 4.09. The molecule has 0 saturated carbocycles. The van der Waals surface area contributed by atoms with Crippen LogP contribution in [0.5, 0.6) is 11.5 Å². The fourth-order valence-electron chi connectivity index (χ4n) is 6.50. The van der Waals surface area contributed by atoms with E-state index in [1.165, 1.54) is 21.4 Å². The van der Waals surface area contributed by atoms with Crippen molar-refractivity contribution >= 4 is 57.7 Å². The number of amides is 2. The van der Waals surface area contributed by atoms with E-state index in [2.05, 4.69) is 41.0 Å². The van der Waals surface area contributed by atoms with Crippen LogP contribution < -0.4 is 20.1 Å². The van der Waals surface area contributed by atoms with Gasteiger partial charge in [-0.2, -0.15) is 20.4 Å². The topological polar surface area (TPSA) is 213 Å². The number of hydrogen-bond acceptors (Lipinski definition) is 12. The molecule has 8 aromatic rings. The van der Waals surface area contributed by atoms with Crippen molar-refractivity contribution < 1.29 is 29.3 Å². The smallest absolute Gasteiger partial charge is 0.261 e. The Morgan fingerprint density at radius 2 is 1.08 bits per heavy atom. The SMILES string of the molecule is COc1ccc(Cl)cc1-c1nn(C[C@@H](O)C(C)C)cc1NC(=O)c1cnn2cccnc12.COc1ccc(Cl)cc1-c1nn(C[C@H](O)C(C)C)cc1NC(=O)c1cnn2cccnc12. The third-order valence-corrected chi connectivity index (χ3v) is 10.7. The zero-order valence-electron chi connectivity index (χ0n) is 35.7. The number of fused-ring (bicyclic) bond motifs is 2. The zero-order valence-corrected chi connectivity index (χ0v) is 37.2. The number of nitrogens with one attached hydrogen (secondary N) is 2. The van der Waals surface area contributed by atoms with Gasteiger partial charge in [0, 0.05) is 58.4 Å². The zero-order chi connectivity index (χ0) is 45.7. The van der Waals surface area contributed by atoms with E-state index in [1.807, 2.05) is 27.7 Å². The summed E-state index contributed by atoms with van der Waals surface area (Å²) in [6, 6.07) is 13.8. The van der Waals surface area contributed by atoms with Crippen LogP contribution in [0.2, 0.25) is 10.0 Å². The van der Waals surface area contributed by atoms with Gasteiger partial charge in [-0.1, -0.05) is 50.9 Å². The van der Waals surface area contributed by atoms with E-state index < -0.39 is 12.2 Å². The number of aliphatic hydroxyl groups excluding tert-OH is 2. The van der Waals surface area contributed by atoms with Crippen molar-refractivity contribution in [3.63, 3.8) is 0 Å². The lowest BCUT2D eigenvalue weighted by molar-refractivity contribution is 0.101. The van der Waals surface area contributed by atoms with Gasteiger partial charge in [-0.05, 0) is 60.4 Å². The molecule has 0 aliphatic rings. The normalized spacial score (nSPS) is 12.3. The molecular formula is C44H46Cl2N12O6. The average molecular weight is 910 g/mol. The number of aliphatic hydroxyl groups is 2. The fraction of sp³-hybridized carbons (Fsp3) is 0.273. The first-order chi connectivity index (χ1) is 30.7. The lowest BCUT2D eigenvalue weighted by atomic mass is 10.1. The van der Waals surface area contributed by atoms with Crippen LogP contribution in [0.1, 0.15) is 48.4 Å². The van der Waals surface area contributed by atoms with Crippen molar-refractivity contribution in [3.05, 3.63) is 119 Å². The Morgan fingerprint density at radius 3 is 1.45 bits per heavy atom. The second-order valence-corrected chi connectivity index (χ2v) is 16.2. The maximum absolute atomic E-state index is 13.1. The second kappa shape index (κ2) is 19.7. The van der Waals surface area contributed by atoms with Crippen LogP contribution in [-0.4, -0.2) is 97.2 Å². The van der Waals surface area contributed by atoms with Crippen LogP contribution >= 0.6 is 23.2 Å². The summed E-state index contributed by atoms with van der Waals surface area (Å²) in [7, 11) is 3.10. The molecule has 2 aromatic carbocycles. The van der Waals surface area contributed by atoms with Gasteiger partial charge >= 0.3 is 0 Å². The summed E-state index contributed by atoms with van der Waals surface area (Å²) in [6.07, 6.45) is 11.7. The molecule has 0 spiro atoms. The van der Waals surface area contributed by atoms with Crippen molar-refractivity contribution in [2.75, 3.05) is 24.9 Å². The molecule has 332 valence electrons. The van der Waals surface area contributed by atoms with Gasteiger partial charge in [0.1, 0.15) is 34.0 Å². The highest BCUT2D eigenvalue weighted by Gasteiger charge is 2.24. The molecule has 0 aliphatic carbocycles. The Balaban J connectivity index is 0.000000191. The Bertz CT molecular complexity index is 2730. The highest BCUT2D eigenvalue weighted by atomic mass is 35.5. The molecule has 0 saturated heterocycles. The van der Waals surface area contributed by atoms with Crippen LogP contribution in [0.4, 0.5) is 11.4 Å². The molecule has 6 aromatic heterocycles. The van der Waals surface area contributed by atoms with Crippen LogP contribution in [0, 0.1) is 11.8 Å². The number of hydrogen-bond donors (Lipinski definition) is 4. The van der Waals surface area contributed by atoms with Gasteiger partial charge in [-0.15, -0.1) is 0 Å². The number of carbonyl (C=O) groups excluding carboxylic acids is 2. The van der Waals surface area contributed by atoms with E-state index >= 15 is 0 Å². The minimum absolute atomic E-state index is 0.0475. The number of nitrogens with zero attached hydrogens (tertiary/aromatic N) is 10. The highest BCUT2D eigenvalue weighted by molar-refractivity contribution is 6.31. The second-order valence-electron chi connectivity index (χ2n) is 15.3. The van der Waals surface area contributed by atoms with Crippen LogP contribution in [0.3, 0.4) is 0 Å². The molecule has 0 radical (unpaired) electrons. The van der Waals surface area contributed by atoms with Gasteiger partial charge < -0.3 is 30.3 Å². The summed E-state index contributed by atoms with van der Waals surface area (Å²) >= 11 is 12.4. The van der Waals surface area contributed by atoms with Gasteiger partial charge in [0.25, 0.3) is 11.8 Å². The van der Waals surface area contributed by atoms with Crippen LogP contribution in [0.25, 0.3) is 33.8 Å². The lowest BCUT2D eigenvalue weighted by Gasteiger charge is -2.13. The monoisotopic (exact) mass is 908 g/mol. The van der Waals surface area contributed by atoms with Gasteiger partial charge in [0.05, 0.1) is 63.3 Å². The number of rotatable bonds is 14. The van der Waals surface area contributed by atoms with Crippen molar-refractivity contribution in [3.8, 4) is 34.0 Å². The van der Waals surface area contributed by atoms with Crippen molar-refractivity contribution in [1.82, 2.24) is 48.8 Å². The van der Waals surface area contributed by atoms with Crippen molar-refractivity contribution in [2.24, 2.45) is 11.8 Å². The first-order valence-electron chi connectivity index (χ1n) is 20.1. The Labute approximate surface area is 377 Å². The molecule has 0 bridgehead atoms. The third-order valence-electron chi connectivity index (χ3n) is 10.2. The molecule has 2 amide bonds. The number of ether oxygens (including phenoxy) is 2. The Hall–Kier alpha value is -6.86. The minimum atomic E-state index is -0.601. The summed E-state index contributed by atoms with van der Waals surface area (Å²) in [6.45, 7) is 8.24. The minimum Gasteiger partial charge on any atom is -0.496 e. The lowest BCUT2D eigenvalue weighted by Crippen LogP contribution is -2.22. The van der Waals surface area contributed by atoms with Crippen molar-refractivity contribution in [2.45, 2.75) is 53.0 Å². The summed E-state index contributed by atoms with van der Waals surface area (Å²) in [5.74, 6) is 0.432. The van der Waals surface area contributed by atoms with E-state index in [9.17, 15) is 19.8 Å². The Kier molecular flexibility index (Phi) is 13.9. The van der Waals surface area contributed by atoms with Gasteiger partial charge in [0.15, 0.2) is 11.3 Å². The maximum Gasteiger partial charge on any atom is 0.261 e. The van der Waals surface area contributed by atoms with Gasteiger partial charge in [-0.3, -0.25) is 19.0 Å². The number of aromatic nitrogens is 10. The quantitative estimate of drug-likeness (QED) is 0.0865. The predicted molar refractivity (Wildman–Crippen MR) is 242 cm³/mol. The highest BCUT2D eigenvalue weighted by Crippen LogP contribution is 2.38. The molecule has 20 heteroatoms. The number of halogens is 2. The first-order valence-corrected chi connectivity index (χ1v) is 20.9. The summed E-state index contributed by atoms with van der Waals surface area (Å²) in [5.41, 5.74) is 4.59. The first kappa shape index (κ1) is 45.2. The van der Waals surface area contributed by atoms with E-state index in [0.717, 1.165) is 0 Å². The molecule has 18 nitrogen and oxygen atoms in total. The largest absolute Gasteiger partial charge is 0.496 e. The maximum atomic E-state index is 13.1. The molecule has 6 heterocycles. The summed E-state index contributed by atoms with van der Waals surface area (Å²) in [5, 5.41) is 45.0. The summed E-state index contributed by atoms with van der Waals surface area (Å²) < 4.78 is 17.2. The van der Waals surface area contributed by atoms with Crippen LogP contribution in [-0.2, 0) is 13.1 Å². The standard InChI is InChI=1S/2C22H23ClN6O3/c2*1-13(2)18(30)12-28-11-17(20(27-28)15-9-14(23)5-6-19(15)32-3)26-22(31)16-10-25-29-8-4-7-24-21(16)29/h2*4-11,13,18,30H,12H2,1-3H3,(H,26,31)/t2*18-/m10/s1.